The number of carboxylic acids is 2. The summed E-state index contributed by atoms with van der Waals surface area (Å²) in [6.07, 6.45) is 47.7. The molecule has 1 radical (unpaired) electrons. The molecule has 0 aromatic heterocycles. The van der Waals surface area contributed by atoms with E-state index in [1.807, 2.05) is 0 Å². The molecule has 0 amide bonds. The fourth-order valence-electron chi connectivity index (χ4n) is 5.39. The maximum atomic E-state index is 10.2. The van der Waals surface area contributed by atoms with E-state index in [4.69, 9.17) is 0 Å². The van der Waals surface area contributed by atoms with Gasteiger partial charge < -0.3 is 19.8 Å². The van der Waals surface area contributed by atoms with Gasteiger partial charge in [-0.1, -0.05) is 167 Å². The average Bonchev–Trinajstić information content (AvgIpc) is 3.00. The number of carboxylic acid groups (broad SMARTS) is 2. The Bertz CT molecular complexity index is 578. The Morgan fingerprint density at radius 1 is 0.356 bits per heavy atom. The SMILES string of the molecule is CCCCCCCC/C=C\CCCCCCCCCC(=O)[O-].CCCCCCCC/C=C\CCCCCCCCCC(=O)[O-].[Mn+2]. The zero-order valence-electron chi connectivity index (χ0n) is 29.9. The smallest absolute Gasteiger partial charge is 0.550 e. The summed E-state index contributed by atoms with van der Waals surface area (Å²) in [6, 6.07) is 0. The van der Waals surface area contributed by atoms with Gasteiger partial charge in [-0.05, 0) is 77.0 Å². The number of carbonyl (C=O) groups excluding carboxylic acids is 2. The van der Waals surface area contributed by atoms with E-state index in [2.05, 4.69) is 38.2 Å². The largest absolute Gasteiger partial charge is 2.00 e. The molecule has 0 saturated carbocycles. The molecule has 4 nitrogen and oxygen atoms in total. The van der Waals surface area contributed by atoms with Gasteiger partial charge in [0, 0.05) is 11.9 Å². The molecule has 0 N–H and O–H groups in total. The molecular formula is C40H74MnO4. The van der Waals surface area contributed by atoms with E-state index >= 15 is 0 Å². The van der Waals surface area contributed by atoms with E-state index < -0.39 is 11.9 Å². The van der Waals surface area contributed by atoms with Crippen LogP contribution in [0, 0.1) is 0 Å². The third kappa shape index (κ3) is 52.7. The van der Waals surface area contributed by atoms with Crippen LogP contribution in [0.4, 0.5) is 0 Å². The summed E-state index contributed by atoms with van der Waals surface area (Å²) in [5.74, 6) is -1.82. The molecule has 0 rings (SSSR count). The molecule has 0 bridgehead atoms. The molecule has 0 unspecified atom stereocenters. The quantitative estimate of drug-likeness (QED) is 0.0387. The number of aliphatic carboxylic acids is 2. The molecule has 0 aliphatic rings. The number of carbonyl (C=O) groups is 2. The van der Waals surface area contributed by atoms with Gasteiger partial charge in [-0.2, -0.15) is 0 Å². The van der Waals surface area contributed by atoms with Gasteiger partial charge >= 0.3 is 17.1 Å². The van der Waals surface area contributed by atoms with Crippen molar-refractivity contribution in [1.82, 2.24) is 0 Å². The van der Waals surface area contributed by atoms with Crippen LogP contribution < -0.4 is 10.2 Å². The molecule has 0 fully saturated rings. The van der Waals surface area contributed by atoms with Crippen LogP contribution in [0.25, 0.3) is 0 Å². The zero-order chi connectivity index (χ0) is 32.6. The summed E-state index contributed by atoms with van der Waals surface area (Å²) >= 11 is 0. The number of hydrogen-bond donors (Lipinski definition) is 0. The first kappa shape index (κ1) is 48.3. The zero-order valence-corrected chi connectivity index (χ0v) is 31.1. The first-order chi connectivity index (χ1) is 21.5. The summed E-state index contributed by atoms with van der Waals surface area (Å²) in [5.41, 5.74) is 0. The van der Waals surface area contributed by atoms with Crippen molar-refractivity contribution in [2.75, 3.05) is 0 Å². The summed E-state index contributed by atoms with van der Waals surface area (Å²) in [6.45, 7) is 4.53. The van der Waals surface area contributed by atoms with Crippen LogP contribution in [-0.4, -0.2) is 11.9 Å². The molecule has 45 heavy (non-hydrogen) atoms. The fourth-order valence-corrected chi connectivity index (χ4v) is 5.39. The monoisotopic (exact) mass is 673 g/mol. The Kier molecular flexibility index (Phi) is 48.4. The Balaban J connectivity index is -0.000000767. The Morgan fingerprint density at radius 3 is 0.778 bits per heavy atom. The second-order valence-corrected chi connectivity index (χ2v) is 12.8. The van der Waals surface area contributed by atoms with Crippen molar-refractivity contribution in [3.8, 4) is 0 Å². The molecule has 0 aromatic carbocycles. The molecule has 5 heteroatoms. The normalized spacial score (nSPS) is 11.1. The Hall–Kier alpha value is -1.06. The number of rotatable bonds is 34. The maximum absolute atomic E-state index is 10.2. The van der Waals surface area contributed by atoms with Crippen molar-refractivity contribution in [3.05, 3.63) is 24.3 Å². The molecule has 265 valence electrons. The molecule has 0 atom stereocenters. The molecule has 0 spiro atoms. The van der Waals surface area contributed by atoms with Crippen LogP contribution in [0.2, 0.25) is 0 Å². The minimum Gasteiger partial charge on any atom is -0.550 e. The van der Waals surface area contributed by atoms with E-state index in [1.54, 1.807) is 0 Å². The van der Waals surface area contributed by atoms with Crippen molar-refractivity contribution in [2.24, 2.45) is 0 Å². The van der Waals surface area contributed by atoms with Crippen LogP contribution in [0.3, 0.4) is 0 Å². The Labute approximate surface area is 291 Å². The minimum absolute atomic E-state index is 0. The maximum Gasteiger partial charge on any atom is 2.00 e. The number of hydrogen-bond acceptors (Lipinski definition) is 4. The molecular weight excluding hydrogens is 599 g/mol. The average molecular weight is 674 g/mol. The van der Waals surface area contributed by atoms with Crippen molar-refractivity contribution in [3.63, 3.8) is 0 Å². The van der Waals surface area contributed by atoms with Gasteiger partial charge in [0.25, 0.3) is 0 Å². The third-order valence-corrected chi connectivity index (χ3v) is 8.29. The van der Waals surface area contributed by atoms with Crippen LogP contribution in [0.5, 0.6) is 0 Å². The fraction of sp³-hybridized carbons (Fsp3) is 0.850. The molecule has 0 saturated heterocycles. The van der Waals surface area contributed by atoms with Gasteiger partial charge in [0.05, 0.1) is 0 Å². The summed E-state index contributed by atoms with van der Waals surface area (Å²) in [4.78, 5) is 20.5. The van der Waals surface area contributed by atoms with Crippen LogP contribution >= 0.6 is 0 Å². The van der Waals surface area contributed by atoms with E-state index in [9.17, 15) is 19.8 Å². The van der Waals surface area contributed by atoms with Gasteiger partial charge in [-0.3, -0.25) is 0 Å². The first-order valence-corrected chi connectivity index (χ1v) is 19.2. The molecule has 0 heterocycles. The first-order valence-electron chi connectivity index (χ1n) is 19.2. The van der Waals surface area contributed by atoms with E-state index in [-0.39, 0.29) is 29.9 Å². The summed E-state index contributed by atoms with van der Waals surface area (Å²) < 4.78 is 0. The summed E-state index contributed by atoms with van der Waals surface area (Å²) in [7, 11) is 0. The van der Waals surface area contributed by atoms with Crippen LogP contribution in [0.1, 0.15) is 219 Å². The third-order valence-electron chi connectivity index (χ3n) is 8.29. The predicted molar refractivity (Wildman–Crippen MR) is 187 cm³/mol. The van der Waals surface area contributed by atoms with Gasteiger partial charge in [0.2, 0.25) is 0 Å². The second kappa shape index (κ2) is 45.1. The van der Waals surface area contributed by atoms with E-state index in [0.29, 0.717) is 0 Å². The van der Waals surface area contributed by atoms with Crippen LogP contribution in [0.15, 0.2) is 24.3 Å². The Morgan fingerprint density at radius 2 is 0.556 bits per heavy atom. The summed E-state index contributed by atoms with van der Waals surface area (Å²) in [5, 5.41) is 20.5. The van der Waals surface area contributed by atoms with Crippen molar-refractivity contribution in [1.29, 1.82) is 0 Å². The molecule has 0 aliphatic carbocycles. The standard InChI is InChI=1S/2C20H38O2.Mn/c2*1-2-3-4-5-6-7-8-9-10-11-12-13-14-15-16-17-18-19-20(21)22;/h2*9-10H,2-8,11-19H2,1H3,(H,21,22);/q;;+2/p-2/b2*10-9-;. The number of allylic oxidation sites excluding steroid dienone is 4. The van der Waals surface area contributed by atoms with Crippen LogP contribution in [-0.2, 0) is 26.7 Å². The van der Waals surface area contributed by atoms with Crippen molar-refractivity contribution in [2.45, 2.75) is 219 Å². The van der Waals surface area contributed by atoms with Gasteiger partial charge in [0.15, 0.2) is 0 Å². The molecule has 0 aromatic rings. The second-order valence-electron chi connectivity index (χ2n) is 12.8. The van der Waals surface area contributed by atoms with E-state index in [1.165, 1.54) is 167 Å². The van der Waals surface area contributed by atoms with Gasteiger partial charge in [-0.15, -0.1) is 0 Å². The van der Waals surface area contributed by atoms with Gasteiger partial charge in [-0.25, -0.2) is 0 Å². The topological polar surface area (TPSA) is 80.3 Å². The number of unbranched alkanes of at least 4 members (excludes halogenated alkanes) is 26. The van der Waals surface area contributed by atoms with Crippen molar-refractivity contribution >= 4 is 11.9 Å². The van der Waals surface area contributed by atoms with E-state index in [0.717, 1.165) is 25.7 Å². The predicted octanol–water partition coefficient (Wildman–Crippen LogP) is 11.1. The van der Waals surface area contributed by atoms with Gasteiger partial charge in [0.1, 0.15) is 0 Å². The minimum atomic E-state index is -0.909. The van der Waals surface area contributed by atoms with Crippen molar-refractivity contribution < 1.29 is 36.9 Å². The molecule has 0 aliphatic heterocycles.